The summed E-state index contributed by atoms with van der Waals surface area (Å²) in [5.74, 6) is -0.331. The number of hydrogen-bond donors (Lipinski definition) is 1. The van der Waals surface area contributed by atoms with E-state index in [-0.39, 0.29) is 12.4 Å². The largest absolute Gasteiger partial charge is 0.392 e. The molecular formula is C14H14FNO. The SMILES string of the molecule is CN(c1ccccc1)c1ccc(CO)cc1F. The first-order chi connectivity index (χ1) is 8.22. The molecule has 0 aliphatic carbocycles. The van der Waals surface area contributed by atoms with Gasteiger partial charge in [0.2, 0.25) is 0 Å². The molecule has 0 spiro atoms. The van der Waals surface area contributed by atoms with Crippen LogP contribution < -0.4 is 4.90 Å². The first-order valence-electron chi connectivity index (χ1n) is 5.40. The van der Waals surface area contributed by atoms with Crippen molar-refractivity contribution >= 4 is 11.4 Å². The number of hydrogen-bond acceptors (Lipinski definition) is 2. The van der Waals surface area contributed by atoms with E-state index in [2.05, 4.69) is 0 Å². The summed E-state index contributed by atoms with van der Waals surface area (Å²) in [6.07, 6.45) is 0. The minimum Gasteiger partial charge on any atom is -0.392 e. The molecule has 2 rings (SSSR count). The van der Waals surface area contributed by atoms with Crippen molar-refractivity contribution in [1.29, 1.82) is 0 Å². The van der Waals surface area contributed by atoms with Crippen LogP contribution in [0.4, 0.5) is 15.8 Å². The minimum absolute atomic E-state index is 0.147. The van der Waals surface area contributed by atoms with Crippen molar-refractivity contribution in [3.63, 3.8) is 0 Å². The number of aliphatic hydroxyl groups excluding tert-OH is 1. The second-order valence-corrected chi connectivity index (χ2v) is 3.84. The van der Waals surface area contributed by atoms with Crippen LogP contribution in [0.3, 0.4) is 0 Å². The van der Waals surface area contributed by atoms with Gasteiger partial charge in [-0.25, -0.2) is 4.39 Å². The van der Waals surface area contributed by atoms with E-state index in [4.69, 9.17) is 5.11 Å². The fourth-order valence-corrected chi connectivity index (χ4v) is 1.71. The van der Waals surface area contributed by atoms with Crippen molar-refractivity contribution in [2.45, 2.75) is 6.61 Å². The predicted molar refractivity (Wildman–Crippen MR) is 66.8 cm³/mol. The molecule has 2 nitrogen and oxygen atoms in total. The number of aliphatic hydroxyl groups is 1. The van der Waals surface area contributed by atoms with Gasteiger partial charge in [0.25, 0.3) is 0 Å². The lowest BCUT2D eigenvalue weighted by atomic mass is 10.2. The van der Waals surface area contributed by atoms with Crippen molar-refractivity contribution in [1.82, 2.24) is 0 Å². The van der Waals surface area contributed by atoms with Crippen LogP contribution in [0.5, 0.6) is 0 Å². The predicted octanol–water partition coefficient (Wildman–Crippen LogP) is 3.09. The average molecular weight is 231 g/mol. The maximum atomic E-state index is 13.8. The van der Waals surface area contributed by atoms with Crippen molar-refractivity contribution in [3.8, 4) is 0 Å². The molecular weight excluding hydrogens is 217 g/mol. The first kappa shape index (κ1) is 11.6. The molecule has 0 aromatic heterocycles. The zero-order chi connectivity index (χ0) is 12.3. The number of anilines is 2. The van der Waals surface area contributed by atoms with E-state index < -0.39 is 0 Å². The van der Waals surface area contributed by atoms with Gasteiger partial charge in [0, 0.05) is 12.7 Å². The number of para-hydroxylation sites is 1. The molecule has 1 N–H and O–H groups in total. The van der Waals surface area contributed by atoms with Gasteiger partial charge in [-0.05, 0) is 29.8 Å². The van der Waals surface area contributed by atoms with Gasteiger partial charge in [0.1, 0.15) is 5.82 Å². The first-order valence-corrected chi connectivity index (χ1v) is 5.40. The fourth-order valence-electron chi connectivity index (χ4n) is 1.71. The highest BCUT2D eigenvalue weighted by atomic mass is 19.1. The number of halogens is 1. The van der Waals surface area contributed by atoms with Crippen LogP contribution in [-0.2, 0) is 6.61 Å². The van der Waals surface area contributed by atoms with Crippen molar-refractivity contribution < 1.29 is 9.50 Å². The monoisotopic (exact) mass is 231 g/mol. The van der Waals surface area contributed by atoms with Gasteiger partial charge < -0.3 is 10.0 Å². The molecule has 0 unspecified atom stereocenters. The fraction of sp³-hybridized carbons (Fsp3) is 0.143. The van der Waals surface area contributed by atoms with Crippen molar-refractivity contribution in [2.24, 2.45) is 0 Å². The summed E-state index contributed by atoms with van der Waals surface area (Å²) >= 11 is 0. The summed E-state index contributed by atoms with van der Waals surface area (Å²) in [4.78, 5) is 1.77. The van der Waals surface area contributed by atoms with E-state index in [1.807, 2.05) is 37.4 Å². The normalized spacial score (nSPS) is 10.3. The van der Waals surface area contributed by atoms with Crippen LogP contribution in [0.1, 0.15) is 5.56 Å². The highest BCUT2D eigenvalue weighted by Gasteiger charge is 2.09. The lowest BCUT2D eigenvalue weighted by molar-refractivity contribution is 0.281. The van der Waals surface area contributed by atoms with Crippen LogP contribution in [0.2, 0.25) is 0 Å². The quantitative estimate of drug-likeness (QED) is 0.877. The Labute approximate surface area is 99.9 Å². The van der Waals surface area contributed by atoms with E-state index in [1.165, 1.54) is 6.07 Å². The molecule has 0 fully saturated rings. The summed E-state index contributed by atoms with van der Waals surface area (Å²) in [5.41, 5.74) is 1.99. The van der Waals surface area contributed by atoms with Crippen molar-refractivity contribution in [2.75, 3.05) is 11.9 Å². The third kappa shape index (κ3) is 2.45. The Balaban J connectivity index is 2.34. The zero-order valence-electron chi connectivity index (χ0n) is 9.60. The van der Waals surface area contributed by atoms with Crippen LogP contribution in [0.15, 0.2) is 48.5 Å². The van der Waals surface area contributed by atoms with Crippen LogP contribution in [-0.4, -0.2) is 12.2 Å². The van der Waals surface area contributed by atoms with Gasteiger partial charge >= 0.3 is 0 Å². The van der Waals surface area contributed by atoms with Gasteiger partial charge in [-0.1, -0.05) is 24.3 Å². The highest BCUT2D eigenvalue weighted by molar-refractivity contribution is 5.63. The van der Waals surface area contributed by atoms with Crippen LogP contribution in [0.25, 0.3) is 0 Å². The van der Waals surface area contributed by atoms with E-state index in [0.717, 1.165) is 5.69 Å². The molecule has 88 valence electrons. The third-order valence-corrected chi connectivity index (χ3v) is 2.70. The molecule has 2 aromatic rings. The molecule has 17 heavy (non-hydrogen) atoms. The Morgan fingerprint density at radius 3 is 2.41 bits per heavy atom. The lowest BCUT2D eigenvalue weighted by Crippen LogP contribution is -2.11. The molecule has 2 aromatic carbocycles. The third-order valence-electron chi connectivity index (χ3n) is 2.70. The summed E-state index contributed by atoms with van der Waals surface area (Å²) in [7, 11) is 1.81. The average Bonchev–Trinajstić information content (AvgIpc) is 2.39. The second kappa shape index (κ2) is 4.97. The minimum atomic E-state index is -0.331. The number of rotatable bonds is 3. The van der Waals surface area contributed by atoms with Crippen LogP contribution in [0, 0.1) is 5.82 Å². The van der Waals surface area contributed by atoms with Crippen molar-refractivity contribution in [3.05, 3.63) is 59.9 Å². The van der Waals surface area contributed by atoms with E-state index in [9.17, 15) is 4.39 Å². The molecule has 0 radical (unpaired) electrons. The Hall–Kier alpha value is -1.87. The zero-order valence-corrected chi connectivity index (χ0v) is 9.60. The maximum absolute atomic E-state index is 13.8. The summed E-state index contributed by atoms with van der Waals surface area (Å²) in [5, 5.41) is 8.93. The van der Waals surface area contributed by atoms with Gasteiger partial charge in [-0.15, -0.1) is 0 Å². The summed E-state index contributed by atoms with van der Waals surface area (Å²) in [6, 6.07) is 14.3. The van der Waals surface area contributed by atoms with Gasteiger partial charge in [0.15, 0.2) is 0 Å². The molecule has 3 heteroatoms. The van der Waals surface area contributed by atoms with E-state index in [0.29, 0.717) is 11.3 Å². The van der Waals surface area contributed by atoms with Gasteiger partial charge in [-0.3, -0.25) is 0 Å². The van der Waals surface area contributed by atoms with Crippen LogP contribution >= 0.6 is 0 Å². The number of nitrogens with zero attached hydrogens (tertiary/aromatic N) is 1. The standard InChI is InChI=1S/C14H14FNO/c1-16(12-5-3-2-4-6-12)14-8-7-11(10-17)9-13(14)15/h2-9,17H,10H2,1H3. The second-order valence-electron chi connectivity index (χ2n) is 3.84. The molecule has 0 bridgehead atoms. The summed E-state index contributed by atoms with van der Waals surface area (Å²) < 4.78 is 13.8. The molecule has 0 amide bonds. The molecule has 0 saturated carbocycles. The Kier molecular flexibility index (Phi) is 3.40. The van der Waals surface area contributed by atoms with E-state index in [1.54, 1.807) is 17.0 Å². The summed E-state index contributed by atoms with van der Waals surface area (Å²) in [6.45, 7) is -0.147. The number of benzene rings is 2. The molecule has 0 heterocycles. The Bertz CT molecular complexity index is 499. The van der Waals surface area contributed by atoms with Gasteiger partial charge in [0.05, 0.1) is 12.3 Å². The van der Waals surface area contributed by atoms with Gasteiger partial charge in [-0.2, -0.15) is 0 Å². The highest BCUT2D eigenvalue weighted by Crippen LogP contribution is 2.26. The van der Waals surface area contributed by atoms with E-state index >= 15 is 0 Å². The molecule has 0 aliphatic heterocycles. The Morgan fingerprint density at radius 1 is 1.12 bits per heavy atom. The maximum Gasteiger partial charge on any atom is 0.147 e. The molecule has 0 saturated heterocycles. The lowest BCUT2D eigenvalue weighted by Gasteiger charge is -2.20. The topological polar surface area (TPSA) is 23.5 Å². The smallest absolute Gasteiger partial charge is 0.147 e. The molecule has 0 aliphatic rings. The Morgan fingerprint density at radius 2 is 1.82 bits per heavy atom. The molecule has 0 atom stereocenters.